The maximum Gasteiger partial charge on any atom is 0.416 e. The summed E-state index contributed by atoms with van der Waals surface area (Å²) < 4.78 is 44.3. The molecule has 0 spiro atoms. The number of nitrogens with zero attached hydrogens (tertiary/aromatic N) is 1. The zero-order valence-electron chi connectivity index (χ0n) is 12.3. The third kappa shape index (κ3) is 4.18. The first-order valence-electron chi connectivity index (χ1n) is 7.12. The van der Waals surface area contributed by atoms with E-state index < -0.39 is 11.7 Å². The number of rotatable bonds is 4. The lowest BCUT2D eigenvalue weighted by Gasteiger charge is -2.36. The topological polar surface area (TPSA) is 24.5 Å². The molecule has 118 valence electrons. The van der Waals surface area contributed by atoms with Gasteiger partial charge in [0.2, 0.25) is 0 Å². The van der Waals surface area contributed by atoms with Gasteiger partial charge in [-0.1, -0.05) is 19.1 Å². The van der Waals surface area contributed by atoms with E-state index in [9.17, 15) is 13.2 Å². The van der Waals surface area contributed by atoms with Gasteiger partial charge in [-0.3, -0.25) is 0 Å². The minimum Gasteiger partial charge on any atom is -0.374 e. The fourth-order valence-electron chi connectivity index (χ4n) is 2.61. The van der Waals surface area contributed by atoms with Crippen molar-refractivity contribution in [2.24, 2.45) is 0 Å². The molecule has 21 heavy (non-hydrogen) atoms. The summed E-state index contributed by atoms with van der Waals surface area (Å²) in [6.45, 7) is 4.76. The largest absolute Gasteiger partial charge is 0.416 e. The Morgan fingerprint density at radius 1 is 1.43 bits per heavy atom. The molecule has 2 atom stereocenters. The van der Waals surface area contributed by atoms with Crippen LogP contribution in [0.5, 0.6) is 0 Å². The van der Waals surface area contributed by atoms with Gasteiger partial charge in [-0.05, 0) is 31.3 Å². The molecule has 3 nitrogen and oxygen atoms in total. The highest BCUT2D eigenvalue weighted by Crippen LogP contribution is 2.32. The van der Waals surface area contributed by atoms with Gasteiger partial charge in [0.15, 0.2) is 0 Å². The first kappa shape index (κ1) is 16.3. The van der Waals surface area contributed by atoms with Crippen LogP contribution in [0.4, 0.5) is 13.2 Å². The monoisotopic (exact) mass is 302 g/mol. The van der Waals surface area contributed by atoms with Crippen LogP contribution in [-0.4, -0.2) is 44.3 Å². The van der Waals surface area contributed by atoms with Crippen molar-refractivity contribution in [2.75, 3.05) is 33.3 Å². The van der Waals surface area contributed by atoms with Gasteiger partial charge in [0, 0.05) is 13.1 Å². The number of nitrogens with one attached hydrogen (secondary N) is 1. The first-order valence-corrected chi connectivity index (χ1v) is 7.12. The molecular formula is C15H21F3N2O. The molecule has 1 fully saturated rings. The molecule has 0 radical (unpaired) electrons. The highest BCUT2D eigenvalue weighted by molar-refractivity contribution is 5.29. The van der Waals surface area contributed by atoms with Gasteiger partial charge < -0.3 is 15.0 Å². The zero-order chi connectivity index (χ0) is 15.5. The second-order valence-corrected chi connectivity index (χ2v) is 5.33. The van der Waals surface area contributed by atoms with Gasteiger partial charge in [0.05, 0.1) is 24.3 Å². The number of ether oxygens (including phenoxy) is 1. The second-order valence-electron chi connectivity index (χ2n) is 5.33. The first-order chi connectivity index (χ1) is 9.91. The van der Waals surface area contributed by atoms with Crippen LogP contribution in [0.25, 0.3) is 0 Å². The molecule has 1 aliphatic rings. The SMILES string of the molecule is CCNC(c1cccc(C(F)(F)F)c1)C1CN(C)CCO1. The highest BCUT2D eigenvalue weighted by Gasteiger charge is 2.33. The lowest BCUT2D eigenvalue weighted by molar-refractivity contribution is -0.137. The van der Waals surface area contributed by atoms with Crippen LogP contribution in [-0.2, 0) is 10.9 Å². The smallest absolute Gasteiger partial charge is 0.374 e. The molecule has 0 aliphatic carbocycles. The number of benzene rings is 1. The van der Waals surface area contributed by atoms with E-state index in [0.717, 1.165) is 12.6 Å². The third-order valence-electron chi connectivity index (χ3n) is 3.67. The van der Waals surface area contributed by atoms with Crippen molar-refractivity contribution in [3.63, 3.8) is 0 Å². The second kappa shape index (κ2) is 6.77. The summed E-state index contributed by atoms with van der Waals surface area (Å²) in [5.41, 5.74) is -0.000887. The van der Waals surface area contributed by atoms with Crippen molar-refractivity contribution in [1.82, 2.24) is 10.2 Å². The standard InChI is InChI=1S/C15H21F3N2O/c1-3-19-14(13-10-20(2)7-8-21-13)11-5-4-6-12(9-11)15(16,17)18/h4-6,9,13-14,19H,3,7-8,10H2,1-2H3. The van der Waals surface area contributed by atoms with Crippen LogP contribution < -0.4 is 5.32 Å². The number of hydrogen-bond acceptors (Lipinski definition) is 3. The third-order valence-corrected chi connectivity index (χ3v) is 3.67. The summed E-state index contributed by atoms with van der Waals surface area (Å²) in [7, 11) is 1.99. The maximum absolute atomic E-state index is 12.9. The highest BCUT2D eigenvalue weighted by atomic mass is 19.4. The number of morpholine rings is 1. The Hall–Kier alpha value is -1.11. The van der Waals surface area contributed by atoms with Gasteiger partial charge in [-0.15, -0.1) is 0 Å². The van der Waals surface area contributed by atoms with Gasteiger partial charge in [-0.25, -0.2) is 0 Å². The van der Waals surface area contributed by atoms with Gasteiger partial charge in [0.25, 0.3) is 0 Å². The van der Waals surface area contributed by atoms with E-state index in [1.165, 1.54) is 12.1 Å². The van der Waals surface area contributed by atoms with Crippen molar-refractivity contribution >= 4 is 0 Å². The summed E-state index contributed by atoms with van der Waals surface area (Å²) in [6.07, 6.45) is -4.47. The van der Waals surface area contributed by atoms with Crippen molar-refractivity contribution in [1.29, 1.82) is 0 Å². The van der Waals surface area contributed by atoms with Gasteiger partial charge >= 0.3 is 6.18 Å². The van der Waals surface area contributed by atoms with E-state index in [4.69, 9.17) is 4.74 Å². The molecule has 2 rings (SSSR count). The van der Waals surface area contributed by atoms with E-state index in [2.05, 4.69) is 10.2 Å². The molecule has 6 heteroatoms. The summed E-state index contributed by atoms with van der Waals surface area (Å²) in [4.78, 5) is 2.13. The molecule has 0 amide bonds. The fraction of sp³-hybridized carbons (Fsp3) is 0.600. The summed E-state index contributed by atoms with van der Waals surface area (Å²) in [5, 5.41) is 3.25. The number of likely N-dealkylation sites (N-methyl/N-ethyl adjacent to an activating group) is 2. The van der Waals surface area contributed by atoms with Crippen molar-refractivity contribution in [3.8, 4) is 0 Å². The van der Waals surface area contributed by atoms with Crippen LogP contribution in [0.1, 0.15) is 24.1 Å². The molecule has 0 bridgehead atoms. The van der Waals surface area contributed by atoms with E-state index in [0.29, 0.717) is 25.3 Å². The molecule has 1 aliphatic heterocycles. The lowest BCUT2D eigenvalue weighted by atomic mass is 9.98. The van der Waals surface area contributed by atoms with Crippen LogP contribution in [0.15, 0.2) is 24.3 Å². The number of halogens is 3. The van der Waals surface area contributed by atoms with Crippen LogP contribution >= 0.6 is 0 Å². The predicted molar refractivity (Wildman–Crippen MR) is 75.1 cm³/mol. The molecule has 0 saturated carbocycles. The molecule has 2 unspecified atom stereocenters. The molecule has 0 aromatic heterocycles. The molecule has 1 heterocycles. The van der Waals surface area contributed by atoms with E-state index >= 15 is 0 Å². The van der Waals surface area contributed by atoms with Crippen LogP contribution in [0.2, 0.25) is 0 Å². The molecule has 1 N–H and O–H groups in total. The Morgan fingerprint density at radius 3 is 2.81 bits per heavy atom. The van der Waals surface area contributed by atoms with E-state index in [1.54, 1.807) is 6.07 Å². The van der Waals surface area contributed by atoms with E-state index in [1.807, 2.05) is 14.0 Å². The average Bonchev–Trinajstić information content (AvgIpc) is 2.44. The van der Waals surface area contributed by atoms with Crippen molar-refractivity contribution in [3.05, 3.63) is 35.4 Å². The average molecular weight is 302 g/mol. The zero-order valence-corrected chi connectivity index (χ0v) is 12.3. The summed E-state index contributed by atoms with van der Waals surface area (Å²) in [5.74, 6) is 0. The normalized spacial score (nSPS) is 22.2. The van der Waals surface area contributed by atoms with E-state index in [-0.39, 0.29) is 12.1 Å². The Bertz CT molecular complexity index is 464. The Labute approximate surface area is 123 Å². The number of alkyl halides is 3. The molecule has 1 aromatic rings. The summed E-state index contributed by atoms with van der Waals surface area (Å²) >= 11 is 0. The quantitative estimate of drug-likeness (QED) is 0.925. The predicted octanol–water partition coefficient (Wildman–Crippen LogP) is 2.69. The van der Waals surface area contributed by atoms with Crippen molar-refractivity contribution in [2.45, 2.75) is 25.2 Å². The van der Waals surface area contributed by atoms with Gasteiger partial charge in [0.1, 0.15) is 0 Å². The number of hydrogen-bond donors (Lipinski definition) is 1. The fourth-order valence-corrected chi connectivity index (χ4v) is 2.61. The Kier molecular flexibility index (Phi) is 5.24. The lowest BCUT2D eigenvalue weighted by Crippen LogP contribution is -2.46. The minimum absolute atomic E-state index is 0.146. The Balaban J connectivity index is 2.25. The maximum atomic E-state index is 12.9. The van der Waals surface area contributed by atoms with Gasteiger partial charge in [-0.2, -0.15) is 13.2 Å². The van der Waals surface area contributed by atoms with Crippen LogP contribution in [0.3, 0.4) is 0 Å². The molecular weight excluding hydrogens is 281 g/mol. The van der Waals surface area contributed by atoms with Crippen LogP contribution in [0, 0.1) is 0 Å². The van der Waals surface area contributed by atoms with Crippen molar-refractivity contribution < 1.29 is 17.9 Å². The molecule has 1 saturated heterocycles. The Morgan fingerprint density at radius 2 is 2.19 bits per heavy atom. The summed E-state index contributed by atoms with van der Waals surface area (Å²) in [6, 6.07) is 5.25. The minimum atomic E-state index is -4.32. The molecule has 1 aromatic carbocycles.